The number of benzene rings is 1. The molecule has 0 saturated heterocycles. The van der Waals surface area contributed by atoms with Gasteiger partial charge in [-0.1, -0.05) is 37.6 Å². The van der Waals surface area contributed by atoms with E-state index in [-0.39, 0.29) is 0 Å². The number of nitrogens with one attached hydrogen (secondary N) is 1. The van der Waals surface area contributed by atoms with E-state index in [0.717, 1.165) is 18.5 Å². The normalized spacial score (nSPS) is 11.0. The zero-order valence-corrected chi connectivity index (χ0v) is 11.2. The number of hydrogen-bond acceptors (Lipinski definition) is 1. The molecule has 96 valence electrons. The first-order chi connectivity index (χ1) is 9.35. The van der Waals surface area contributed by atoms with Gasteiger partial charge in [0, 0.05) is 17.8 Å². The number of aromatic nitrogens is 2. The standard InChI is InChI=1S/C17H18N2/c1-2-3-13-4-6-14(7-5-13)10-15-11-16-8-9-18-17(16)19-12-15/h4-9,11-12H,2-3,10H2,1H3,(H,18,19). The van der Waals surface area contributed by atoms with Crippen LogP contribution >= 0.6 is 0 Å². The number of rotatable bonds is 4. The van der Waals surface area contributed by atoms with Crippen molar-refractivity contribution in [1.82, 2.24) is 9.97 Å². The van der Waals surface area contributed by atoms with Gasteiger partial charge in [-0.25, -0.2) is 4.98 Å². The third-order valence-corrected chi connectivity index (χ3v) is 3.43. The van der Waals surface area contributed by atoms with E-state index in [1.54, 1.807) is 0 Å². The molecule has 0 spiro atoms. The zero-order chi connectivity index (χ0) is 13.1. The SMILES string of the molecule is CCCc1ccc(Cc2cnc3[nH]ccc3c2)cc1. The Kier molecular flexibility index (Phi) is 3.32. The first-order valence-electron chi connectivity index (χ1n) is 6.85. The topological polar surface area (TPSA) is 28.7 Å². The summed E-state index contributed by atoms with van der Waals surface area (Å²) in [4.78, 5) is 7.55. The summed E-state index contributed by atoms with van der Waals surface area (Å²) < 4.78 is 0. The summed E-state index contributed by atoms with van der Waals surface area (Å²) >= 11 is 0. The summed E-state index contributed by atoms with van der Waals surface area (Å²) in [5.41, 5.74) is 4.99. The number of aromatic amines is 1. The van der Waals surface area contributed by atoms with E-state index in [4.69, 9.17) is 0 Å². The first kappa shape index (κ1) is 12.0. The second-order valence-corrected chi connectivity index (χ2v) is 5.00. The fourth-order valence-corrected chi connectivity index (χ4v) is 2.43. The number of H-pyrrole nitrogens is 1. The highest BCUT2D eigenvalue weighted by molar-refractivity contribution is 5.75. The summed E-state index contributed by atoms with van der Waals surface area (Å²) in [5.74, 6) is 0. The Balaban J connectivity index is 1.79. The number of aryl methyl sites for hydroxylation is 1. The fraction of sp³-hybridized carbons (Fsp3) is 0.235. The van der Waals surface area contributed by atoms with Gasteiger partial charge in [0.1, 0.15) is 5.65 Å². The lowest BCUT2D eigenvalue weighted by Crippen LogP contribution is -1.91. The van der Waals surface area contributed by atoms with Gasteiger partial charge in [-0.3, -0.25) is 0 Å². The molecule has 0 aliphatic heterocycles. The smallest absolute Gasteiger partial charge is 0.137 e. The van der Waals surface area contributed by atoms with Crippen molar-refractivity contribution in [3.05, 3.63) is 65.5 Å². The third-order valence-electron chi connectivity index (χ3n) is 3.43. The molecule has 1 aromatic carbocycles. The molecule has 2 heterocycles. The highest BCUT2D eigenvalue weighted by Gasteiger charge is 2.01. The average molecular weight is 250 g/mol. The molecule has 0 saturated carbocycles. The largest absolute Gasteiger partial charge is 0.346 e. The van der Waals surface area contributed by atoms with Crippen LogP contribution in [0.5, 0.6) is 0 Å². The van der Waals surface area contributed by atoms with Crippen molar-refractivity contribution in [2.45, 2.75) is 26.2 Å². The average Bonchev–Trinajstić information content (AvgIpc) is 2.89. The Labute approximate surface area is 113 Å². The Hall–Kier alpha value is -2.09. The number of nitrogens with zero attached hydrogens (tertiary/aromatic N) is 1. The molecule has 0 aliphatic rings. The minimum Gasteiger partial charge on any atom is -0.346 e. The van der Waals surface area contributed by atoms with Crippen molar-refractivity contribution in [2.75, 3.05) is 0 Å². The summed E-state index contributed by atoms with van der Waals surface area (Å²) in [6, 6.07) is 13.2. The molecular formula is C17H18N2. The maximum atomic E-state index is 4.43. The van der Waals surface area contributed by atoms with Crippen LogP contribution < -0.4 is 0 Å². The second-order valence-electron chi connectivity index (χ2n) is 5.00. The van der Waals surface area contributed by atoms with Crippen molar-refractivity contribution in [3.63, 3.8) is 0 Å². The molecule has 3 rings (SSSR count). The van der Waals surface area contributed by atoms with Crippen LogP contribution in [0.25, 0.3) is 11.0 Å². The van der Waals surface area contributed by atoms with Crippen LogP contribution in [0.3, 0.4) is 0 Å². The Morgan fingerprint density at radius 3 is 2.58 bits per heavy atom. The Bertz CT molecular complexity index is 665. The maximum Gasteiger partial charge on any atom is 0.137 e. The zero-order valence-electron chi connectivity index (χ0n) is 11.2. The van der Waals surface area contributed by atoms with Gasteiger partial charge >= 0.3 is 0 Å². The van der Waals surface area contributed by atoms with Gasteiger partial charge < -0.3 is 4.98 Å². The van der Waals surface area contributed by atoms with E-state index in [0.29, 0.717) is 0 Å². The molecule has 2 aromatic heterocycles. The fourth-order valence-electron chi connectivity index (χ4n) is 2.43. The molecule has 19 heavy (non-hydrogen) atoms. The van der Waals surface area contributed by atoms with Gasteiger partial charge in [-0.05, 0) is 41.7 Å². The van der Waals surface area contributed by atoms with Crippen molar-refractivity contribution < 1.29 is 0 Å². The summed E-state index contributed by atoms with van der Waals surface area (Å²) in [5, 5.41) is 1.18. The number of fused-ring (bicyclic) bond motifs is 1. The highest BCUT2D eigenvalue weighted by atomic mass is 14.8. The van der Waals surface area contributed by atoms with Gasteiger partial charge in [0.05, 0.1) is 0 Å². The Morgan fingerprint density at radius 1 is 1.00 bits per heavy atom. The molecule has 0 fully saturated rings. The van der Waals surface area contributed by atoms with E-state index in [1.165, 1.54) is 28.5 Å². The summed E-state index contributed by atoms with van der Waals surface area (Å²) in [6.07, 6.45) is 7.20. The van der Waals surface area contributed by atoms with E-state index >= 15 is 0 Å². The molecule has 0 amide bonds. The van der Waals surface area contributed by atoms with Crippen LogP contribution in [0.1, 0.15) is 30.0 Å². The van der Waals surface area contributed by atoms with Gasteiger partial charge in [0.2, 0.25) is 0 Å². The van der Waals surface area contributed by atoms with Crippen molar-refractivity contribution in [3.8, 4) is 0 Å². The third kappa shape index (κ3) is 2.68. The molecule has 2 nitrogen and oxygen atoms in total. The maximum absolute atomic E-state index is 4.43. The van der Waals surface area contributed by atoms with Gasteiger partial charge in [0.25, 0.3) is 0 Å². The van der Waals surface area contributed by atoms with E-state index in [1.807, 2.05) is 12.4 Å². The lowest BCUT2D eigenvalue weighted by Gasteiger charge is -2.04. The van der Waals surface area contributed by atoms with Gasteiger partial charge in [-0.2, -0.15) is 0 Å². The lowest BCUT2D eigenvalue weighted by molar-refractivity contribution is 0.920. The van der Waals surface area contributed by atoms with Crippen LogP contribution in [0, 0.1) is 0 Å². The van der Waals surface area contributed by atoms with E-state index in [2.05, 4.69) is 53.3 Å². The van der Waals surface area contributed by atoms with Crippen LogP contribution in [0.2, 0.25) is 0 Å². The minimum absolute atomic E-state index is 0.945. The summed E-state index contributed by atoms with van der Waals surface area (Å²) in [6.45, 7) is 2.21. The monoisotopic (exact) mass is 250 g/mol. The molecule has 2 heteroatoms. The van der Waals surface area contributed by atoms with E-state index in [9.17, 15) is 0 Å². The van der Waals surface area contributed by atoms with Crippen molar-refractivity contribution in [1.29, 1.82) is 0 Å². The van der Waals surface area contributed by atoms with Crippen LogP contribution in [-0.4, -0.2) is 9.97 Å². The van der Waals surface area contributed by atoms with Crippen LogP contribution in [0.15, 0.2) is 48.8 Å². The van der Waals surface area contributed by atoms with E-state index < -0.39 is 0 Å². The molecule has 0 unspecified atom stereocenters. The Morgan fingerprint density at radius 2 is 1.79 bits per heavy atom. The predicted molar refractivity (Wildman–Crippen MR) is 79.3 cm³/mol. The quantitative estimate of drug-likeness (QED) is 0.741. The molecule has 1 N–H and O–H groups in total. The predicted octanol–water partition coefficient (Wildman–Crippen LogP) is 4.11. The lowest BCUT2D eigenvalue weighted by atomic mass is 10.0. The highest BCUT2D eigenvalue weighted by Crippen LogP contribution is 2.15. The molecule has 0 atom stereocenters. The summed E-state index contributed by atoms with van der Waals surface area (Å²) in [7, 11) is 0. The minimum atomic E-state index is 0.945. The van der Waals surface area contributed by atoms with Crippen LogP contribution in [-0.2, 0) is 12.8 Å². The van der Waals surface area contributed by atoms with Crippen molar-refractivity contribution >= 4 is 11.0 Å². The van der Waals surface area contributed by atoms with Gasteiger partial charge in [0.15, 0.2) is 0 Å². The molecule has 3 aromatic rings. The van der Waals surface area contributed by atoms with Gasteiger partial charge in [-0.15, -0.1) is 0 Å². The second kappa shape index (κ2) is 5.27. The molecule has 0 aliphatic carbocycles. The number of hydrogen-bond donors (Lipinski definition) is 1. The van der Waals surface area contributed by atoms with Crippen molar-refractivity contribution in [2.24, 2.45) is 0 Å². The van der Waals surface area contributed by atoms with Crippen LogP contribution in [0.4, 0.5) is 0 Å². The molecule has 0 bridgehead atoms. The molecule has 0 radical (unpaired) electrons. The number of pyridine rings is 1. The molecular weight excluding hydrogens is 232 g/mol. The first-order valence-corrected chi connectivity index (χ1v) is 6.85.